The van der Waals surface area contributed by atoms with Gasteiger partial charge in [-0.15, -0.1) is 24.0 Å². The number of nitrogens with zero attached hydrogens (tertiary/aromatic N) is 1. The van der Waals surface area contributed by atoms with Crippen molar-refractivity contribution in [3.8, 4) is 0 Å². The van der Waals surface area contributed by atoms with Crippen molar-refractivity contribution < 1.29 is 4.74 Å². The summed E-state index contributed by atoms with van der Waals surface area (Å²) in [6, 6.07) is 0.415. The van der Waals surface area contributed by atoms with E-state index in [2.05, 4.69) is 31.1 Å². The Balaban J connectivity index is 0.00000242. The summed E-state index contributed by atoms with van der Waals surface area (Å²) < 4.78 is 5.80. The van der Waals surface area contributed by atoms with Crippen molar-refractivity contribution in [2.24, 2.45) is 22.1 Å². The molecular weight excluding hydrogens is 389 g/mol. The lowest BCUT2D eigenvalue weighted by molar-refractivity contribution is -0.106. The number of fused-ring (bicyclic) bond motifs is 1. The second-order valence-corrected chi connectivity index (χ2v) is 7.22. The molecule has 0 amide bonds. The lowest BCUT2D eigenvalue weighted by Gasteiger charge is -2.54. The fourth-order valence-electron chi connectivity index (χ4n) is 3.91. The van der Waals surface area contributed by atoms with Crippen molar-refractivity contribution in [3.63, 3.8) is 0 Å². The van der Waals surface area contributed by atoms with Crippen LogP contribution in [0.2, 0.25) is 0 Å². The van der Waals surface area contributed by atoms with Crippen LogP contribution >= 0.6 is 24.0 Å². The third kappa shape index (κ3) is 4.73. The third-order valence-corrected chi connectivity index (χ3v) is 5.20. The molecular formula is C17H34IN3O. The standard InChI is InChI=1S/C17H33N3O.HI/c1-4-5-6-7-8-9-11-19-16(18)20-14-13-10-12-21-15(13)17(14,2)3;/h13-15H,4-12H2,1-3H3,(H3,18,19,20);1H. The first kappa shape index (κ1) is 20.0. The van der Waals surface area contributed by atoms with Crippen molar-refractivity contribution in [3.05, 3.63) is 0 Å². The van der Waals surface area contributed by atoms with Crippen LogP contribution in [-0.2, 0) is 4.74 Å². The Labute approximate surface area is 153 Å². The number of nitrogens with two attached hydrogens (primary N) is 1. The van der Waals surface area contributed by atoms with Gasteiger partial charge in [-0.1, -0.05) is 52.9 Å². The molecule has 1 aliphatic carbocycles. The summed E-state index contributed by atoms with van der Waals surface area (Å²) >= 11 is 0. The van der Waals surface area contributed by atoms with Gasteiger partial charge in [-0.05, 0) is 12.8 Å². The number of nitrogens with one attached hydrogen (secondary N) is 1. The summed E-state index contributed by atoms with van der Waals surface area (Å²) in [6.45, 7) is 8.52. The van der Waals surface area contributed by atoms with Crippen LogP contribution in [0.1, 0.15) is 65.7 Å². The van der Waals surface area contributed by atoms with Crippen molar-refractivity contribution in [1.82, 2.24) is 5.32 Å². The molecule has 1 saturated heterocycles. The molecule has 1 heterocycles. The van der Waals surface area contributed by atoms with Gasteiger partial charge in [0.25, 0.3) is 0 Å². The van der Waals surface area contributed by atoms with E-state index in [9.17, 15) is 0 Å². The van der Waals surface area contributed by atoms with Gasteiger partial charge in [0, 0.05) is 30.5 Å². The third-order valence-electron chi connectivity index (χ3n) is 5.20. The number of unbranched alkanes of at least 4 members (excludes halogenated alkanes) is 5. The molecule has 4 nitrogen and oxygen atoms in total. The summed E-state index contributed by atoms with van der Waals surface area (Å²) in [5, 5.41) is 3.44. The fraction of sp³-hybridized carbons (Fsp3) is 0.941. The summed E-state index contributed by atoms with van der Waals surface area (Å²) in [5.41, 5.74) is 6.22. The quantitative estimate of drug-likeness (QED) is 0.271. The van der Waals surface area contributed by atoms with Gasteiger partial charge in [-0.25, -0.2) is 0 Å². The van der Waals surface area contributed by atoms with E-state index in [1.807, 2.05) is 0 Å². The van der Waals surface area contributed by atoms with E-state index in [0.29, 0.717) is 24.0 Å². The smallest absolute Gasteiger partial charge is 0.188 e. The number of rotatable bonds is 8. The van der Waals surface area contributed by atoms with Gasteiger partial charge in [0.2, 0.25) is 0 Å². The molecule has 3 N–H and O–H groups in total. The van der Waals surface area contributed by atoms with E-state index in [4.69, 9.17) is 10.5 Å². The Bertz CT molecular complexity index is 360. The van der Waals surface area contributed by atoms with Gasteiger partial charge >= 0.3 is 0 Å². The molecule has 22 heavy (non-hydrogen) atoms. The normalized spacial score (nSPS) is 29.4. The summed E-state index contributed by atoms with van der Waals surface area (Å²) in [4.78, 5) is 4.49. The van der Waals surface area contributed by atoms with Crippen LogP contribution in [0.4, 0.5) is 0 Å². The Kier molecular flexibility index (Phi) is 8.46. The molecule has 2 aliphatic rings. The first-order chi connectivity index (χ1) is 10.1. The SMILES string of the molecule is CCCCCCCCN=C(N)NC1C2CCOC2C1(C)C.I. The van der Waals surface area contributed by atoms with E-state index in [0.717, 1.165) is 26.0 Å². The Morgan fingerprint density at radius 3 is 2.64 bits per heavy atom. The lowest BCUT2D eigenvalue weighted by atomic mass is 9.57. The molecule has 2 rings (SSSR count). The molecule has 0 bridgehead atoms. The fourth-order valence-corrected chi connectivity index (χ4v) is 3.91. The Morgan fingerprint density at radius 2 is 1.91 bits per heavy atom. The number of halogens is 1. The topological polar surface area (TPSA) is 59.6 Å². The predicted molar refractivity (Wildman–Crippen MR) is 104 cm³/mol. The molecule has 3 unspecified atom stereocenters. The van der Waals surface area contributed by atoms with Crippen LogP contribution in [0.3, 0.4) is 0 Å². The number of guanidine groups is 1. The van der Waals surface area contributed by atoms with Gasteiger partial charge in [0.05, 0.1) is 6.10 Å². The number of hydrogen-bond acceptors (Lipinski definition) is 2. The molecule has 3 atom stereocenters. The monoisotopic (exact) mass is 423 g/mol. The zero-order valence-corrected chi connectivity index (χ0v) is 16.8. The summed E-state index contributed by atoms with van der Waals surface area (Å²) in [7, 11) is 0. The van der Waals surface area contributed by atoms with Gasteiger partial charge in [-0.2, -0.15) is 0 Å². The Morgan fingerprint density at radius 1 is 1.23 bits per heavy atom. The maximum Gasteiger partial charge on any atom is 0.188 e. The highest BCUT2D eigenvalue weighted by molar-refractivity contribution is 14.0. The summed E-state index contributed by atoms with van der Waals surface area (Å²) in [5.74, 6) is 1.23. The van der Waals surface area contributed by atoms with Crippen molar-refractivity contribution >= 4 is 29.9 Å². The largest absolute Gasteiger partial charge is 0.377 e. The Hall–Kier alpha value is -0.0400. The minimum Gasteiger partial charge on any atom is -0.377 e. The zero-order valence-electron chi connectivity index (χ0n) is 14.4. The summed E-state index contributed by atoms with van der Waals surface area (Å²) in [6.07, 6.45) is 9.31. The van der Waals surface area contributed by atoms with E-state index < -0.39 is 0 Å². The number of ether oxygens (including phenoxy) is 1. The van der Waals surface area contributed by atoms with Crippen molar-refractivity contribution in [2.45, 2.75) is 77.9 Å². The van der Waals surface area contributed by atoms with E-state index in [-0.39, 0.29) is 29.4 Å². The molecule has 0 aromatic rings. The van der Waals surface area contributed by atoms with Crippen LogP contribution in [0, 0.1) is 11.3 Å². The molecule has 1 aliphatic heterocycles. The van der Waals surface area contributed by atoms with Crippen LogP contribution in [0.15, 0.2) is 4.99 Å². The van der Waals surface area contributed by atoms with Gasteiger partial charge < -0.3 is 15.8 Å². The molecule has 5 heteroatoms. The van der Waals surface area contributed by atoms with Crippen LogP contribution in [-0.4, -0.2) is 31.3 Å². The second-order valence-electron chi connectivity index (χ2n) is 7.22. The second kappa shape index (κ2) is 9.30. The van der Waals surface area contributed by atoms with Gasteiger partial charge in [0.15, 0.2) is 5.96 Å². The maximum absolute atomic E-state index is 6.05. The van der Waals surface area contributed by atoms with E-state index in [1.165, 1.54) is 32.1 Å². The number of hydrogen-bond donors (Lipinski definition) is 2. The van der Waals surface area contributed by atoms with E-state index in [1.54, 1.807) is 0 Å². The predicted octanol–water partition coefficient (Wildman–Crippen LogP) is 3.68. The highest BCUT2D eigenvalue weighted by Gasteiger charge is 2.59. The van der Waals surface area contributed by atoms with Gasteiger partial charge in [-0.3, -0.25) is 4.99 Å². The zero-order chi connectivity index (χ0) is 15.3. The van der Waals surface area contributed by atoms with E-state index >= 15 is 0 Å². The molecule has 0 aromatic carbocycles. The van der Waals surface area contributed by atoms with Crippen LogP contribution in [0.25, 0.3) is 0 Å². The van der Waals surface area contributed by atoms with Crippen molar-refractivity contribution in [2.75, 3.05) is 13.2 Å². The first-order valence-corrected chi connectivity index (χ1v) is 8.75. The highest BCUT2D eigenvalue weighted by Crippen LogP contribution is 2.51. The average molecular weight is 423 g/mol. The maximum atomic E-state index is 6.05. The highest BCUT2D eigenvalue weighted by atomic mass is 127. The molecule has 0 aromatic heterocycles. The van der Waals surface area contributed by atoms with Gasteiger partial charge in [0.1, 0.15) is 0 Å². The minimum absolute atomic E-state index is 0. The number of aliphatic imine (C=N–C) groups is 1. The van der Waals surface area contributed by atoms with Crippen LogP contribution in [0.5, 0.6) is 0 Å². The minimum atomic E-state index is 0. The lowest BCUT2D eigenvalue weighted by Crippen LogP contribution is -2.67. The average Bonchev–Trinajstić information content (AvgIpc) is 2.91. The van der Waals surface area contributed by atoms with Crippen LogP contribution < -0.4 is 11.1 Å². The molecule has 2 fully saturated rings. The molecule has 1 saturated carbocycles. The molecule has 0 radical (unpaired) electrons. The molecule has 0 spiro atoms. The first-order valence-electron chi connectivity index (χ1n) is 8.75. The van der Waals surface area contributed by atoms with Crippen molar-refractivity contribution in [1.29, 1.82) is 0 Å². The molecule has 130 valence electrons.